The highest BCUT2D eigenvalue weighted by Gasteiger charge is 2.40. The molecule has 0 N–H and O–H groups in total. The topological polar surface area (TPSA) is 61.8 Å². The fourth-order valence-corrected chi connectivity index (χ4v) is 1.44. The summed E-state index contributed by atoms with van der Waals surface area (Å²) in [5.41, 5.74) is -0.113. The molecule has 1 saturated heterocycles. The summed E-state index contributed by atoms with van der Waals surface area (Å²) in [6, 6.07) is 0. The first-order chi connectivity index (χ1) is 7.36. The van der Waals surface area contributed by atoms with Crippen LogP contribution in [0.4, 0.5) is 4.79 Å². The second kappa shape index (κ2) is 4.55. The molecule has 5 heteroatoms. The molecule has 0 aliphatic carbocycles. The van der Waals surface area contributed by atoms with Crippen molar-refractivity contribution in [2.75, 3.05) is 6.61 Å². The van der Waals surface area contributed by atoms with Gasteiger partial charge in [-0.2, -0.15) is 0 Å². The first-order valence-electron chi connectivity index (χ1n) is 5.13. The minimum absolute atomic E-state index is 0.113. The van der Waals surface area contributed by atoms with Crippen molar-refractivity contribution >= 4 is 12.1 Å². The number of esters is 1. The Hall–Kier alpha value is -1.52. The summed E-state index contributed by atoms with van der Waals surface area (Å²) < 4.78 is 14.8. The molecule has 0 aromatic rings. The van der Waals surface area contributed by atoms with Crippen LogP contribution in [-0.2, 0) is 19.0 Å². The molecule has 0 radical (unpaired) electrons. The Morgan fingerprint density at radius 1 is 1.44 bits per heavy atom. The number of carbonyl (C=O) groups excluding carboxylic acids is 2. The standard InChI is InChI=1S/C11H16O5/c1-5-8(12)14-6-7(2)9-11(3,4)16-10(13)15-9/h5-6H2,1-4H3/b9-7+. The molecule has 0 aromatic carbocycles. The van der Waals surface area contributed by atoms with Crippen molar-refractivity contribution in [1.29, 1.82) is 0 Å². The van der Waals surface area contributed by atoms with E-state index < -0.39 is 11.8 Å². The van der Waals surface area contributed by atoms with E-state index in [-0.39, 0.29) is 12.6 Å². The molecular weight excluding hydrogens is 212 g/mol. The molecule has 0 unspecified atom stereocenters. The Balaban J connectivity index is 2.72. The largest absolute Gasteiger partial charge is 0.514 e. The molecule has 0 atom stereocenters. The van der Waals surface area contributed by atoms with Crippen LogP contribution in [0, 0.1) is 0 Å². The first kappa shape index (κ1) is 12.5. The van der Waals surface area contributed by atoms with Gasteiger partial charge in [0.05, 0.1) is 0 Å². The lowest BCUT2D eigenvalue weighted by Crippen LogP contribution is -2.22. The van der Waals surface area contributed by atoms with Gasteiger partial charge < -0.3 is 14.2 Å². The minimum atomic E-state index is -0.792. The van der Waals surface area contributed by atoms with Crippen molar-refractivity contribution in [3.63, 3.8) is 0 Å². The van der Waals surface area contributed by atoms with Gasteiger partial charge in [-0.1, -0.05) is 6.92 Å². The number of rotatable bonds is 3. The summed E-state index contributed by atoms with van der Waals surface area (Å²) in [5, 5.41) is 0. The van der Waals surface area contributed by atoms with Gasteiger partial charge in [-0.05, 0) is 20.8 Å². The number of hydrogen-bond acceptors (Lipinski definition) is 5. The highest BCUT2D eigenvalue weighted by Crippen LogP contribution is 2.32. The normalized spacial score (nSPS) is 21.1. The Morgan fingerprint density at radius 3 is 2.50 bits per heavy atom. The Kier molecular flexibility index (Phi) is 3.57. The van der Waals surface area contributed by atoms with Crippen LogP contribution in [0.2, 0.25) is 0 Å². The number of carbonyl (C=O) groups is 2. The molecule has 1 aliphatic rings. The SMILES string of the molecule is CCC(=O)OC/C(C)=C1/OC(=O)OC1(C)C. The lowest BCUT2D eigenvalue weighted by Gasteiger charge is -2.16. The summed E-state index contributed by atoms with van der Waals surface area (Å²) in [6.07, 6.45) is -0.399. The summed E-state index contributed by atoms with van der Waals surface area (Å²) >= 11 is 0. The Labute approximate surface area is 94.4 Å². The van der Waals surface area contributed by atoms with Crippen molar-refractivity contribution < 1.29 is 23.8 Å². The zero-order chi connectivity index (χ0) is 12.3. The molecule has 0 saturated carbocycles. The first-order valence-corrected chi connectivity index (χ1v) is 5.13. The van der Waals surface area contributed by atoms with E-state index in [9.17, 15) is 9.59 Å². The maximum atomic E-state index is 11.0. The van der Waals surface area contributed by atoms with Crippen LogP contribution >= 0.6 is 0 Å². The average molecular weight is 228 g/mol. The predicted molar refractivity (Wildman–Crippen MR) is 55.6 cm³/mol. The van der Waals surface area contributed by atoms with E-state index in [1.165, 1.54) is 0 Å². The average Bonchev–Trinajstić information content (AvgIpc) is 2.47. The van der Waals surface area contributed by atoms with Gasteiger partial charge in [-0.3, -0.25) is 4.79 Å². The molecular formula is C11H16O5. The van der Waals surface area contributed by atoms with Gasteiger partial charge in [-0.25, -0.2) is 4.79 Å². The summed E-state index contributed by atoms with van der Waals surface area (Å²) in [4.78, 5) is 22.0. The third-order valence-corrected chi connectivity index (χ3v) is 2.20. The minimum Gasteiger partial charge on any atom is -0.461 e. The third-order valence-electron chi connectivity index (χ3n) is 2.20. The zero-order valence-corrected chi connectivity index (χ0v) is 9.96. The van der Waals surface area contributed by atoms with E-state index in [4.69, 9.17) is 14.2 Å². The predicted octanol–water partition coefficient (Wildman–Crippen LogP) is 2.16. The van der Waals surface area contributed by atoms with Crippen molar-refractivity contribution in [2.45, 2.75) is 39.7 Å². The van der Waals surface area contributed by atoms with Gasteiger partial charge in [-0.15, -0.1) is 0 Å². The molecule has 16 heavy (non-hydrogen) atoms. The Bertz CT molecular complexity index is 340. The van der Waals surface area contributed by atoms with E-state index in [0.29, 0.717) is 17.8 Å². The Morgan fingerprint density at radius 2 is 2.06 bits per heavy atom. The smallest absolute Gasteiger partial charge is 0.461 e. The van der Waals surface area contributed by atoms with Crippen LogP contribution in [0.1, 0.15) is 34.1 Å². The van der Waals surface area contributed by atoms with Crippen LogP contribution in [0.5, 0.6) is 0 Å². The monoisotopic (exact) mass is 228 g/mol. The van der Waals surface area contributed by atoms with Gasteiger partial charge in [0.2, 0.25) is 0 Å². The molecule has 90 valence electrons. The number of ether oxygens (including phenoxy) is 3. The molecule has 5 nitrogen and oxygen atoms in total. The maximum absolute atomic E-state index is 11.0. The summed E-state index contributed by atoms with van der Waals surface area (Å²) in [5.74, 6) is 0.129. The van der Waals surface area contributed by atoms with Crippen LogP contribution in [0.25, 0.3) is 0 Å². The molecule has 1 aliphatic heterocycles. The zero-order valence-electron chi connectivity index (χ0n) is 9.96. The van der Waals surface area contributed by atoms with E-state index in [0.717, 1.165) is 0 Å². The van der Waals surface area contributed by atoms with Crippen LogP contribution in [0.15, 0.2) is 11.3 Å². The van der Waals surface area contributed by atoms with Crippen LogP contribution in [0.3, 0.4) is 0 Å². The lowest BCUT2D eigenvalue weighted by molar-refractivity contribution is -0.142. The van der Waals surface area contributed by atoms with Gasteiger partial charge in [0, 0.05) is 12.0 Å². The van der Waals surface area contributed by atoms with Crippen LogP contribution in [-0.4, -0.2) is 24.3 Å². The number of hydrogen-bond donors (Lipinski definition) is 0. The van der Waals surface area contributed by atoms with E-state index in [1.54, 1.807) is 27.7 Å². The fourth-order valence-electron chi connectivity index (χ4n) is 1.44. The van der Waals surface area contributed by atoms with Gasteiger partial charge >= 0.3 is 12.1 Å². The second-order valence-electron chi connectivity index (χ2n) is 4.09. The van der Waals surface area contributed by atoms with Crippen molar-refractivity contribution in [3.8, 4) is 0 Å². The van der Waals surface area contributed by atoms with Gasteiger partial charge in [0.1, 0.15) is 6.61 Å². The van der Waals surface area contributed by atoms with Crippen molar-refractivity contribution in [2.24, 2.45) is 0 Å². The van der Waals surface area contributed by atoms with Gasteiger partial charge in [0.25, 0.3) is 0 Å². The quantitative estimate of drug-likeness (QED) is 0.692. The van der Waals surface area contributed by atoms with Crippen molar-refractivity contribution in [1.82, 2.24) is 0 Å². The van der Waals surface area contributed by atoms with Crippen LogP contribution < -0.4 is 0 Å². The maximum Gasteiger partial charge on any atom is 0.514 e. The fraction of sp³-hybridized carbons (Fsp3) is 0.636. The highest BCUT2D eigenvalue weighted by molar-refractivity contribution is 5.69. The summed E-state index contributed by atoms with van der Waals surface area (Å²) in [7, 11) is 0. The van der Waals surface area contributed by atoms with E-state index in [1.807, 2.05) is 0 Å². The molecule has 0 spiro atoms. The second-order valence-corrected chi connectivity index (χ2v) is 4.09. The van der Waals surface area contributed by atoms with Crippen molar-refractivity contribution in [3.05, 3.63) is 11.3 Å². The van der Waals surface area contributed by atoms with E-state index in [2.05, 4.69) is 0 Å². The van der Waals surface area contributed by atoms with E-state index >= 15 is 0 Å². The highest BCUT2D eigenvalue weighted by atomic mass is 16.8. The molecule has 0 amide bonds. The molecule has 0 aromatic heterocycles. The molecule has 1 fully saturated rings. The number of cyclic esters (lactones) is 2. The summed E-state index contributed by atoms with van der Waals surface area (Å²) in [6.45, 7) is 7.01. The molecule has 0 bridgehead atoms. The molecule has 1 rings (SSSR count). The molecule has 1 heterocycles. The van der Waals surface area contributed by atoms with Gasteiger partial charge in [0.15, 0.2) is 11.4 Å². The third kappa shape index (κ3) is 2.74. The lowest BCUT2D eigenvalue weighted by atomic mass is 10.0.